The van der Waals surface area contributed by atoms with Crippen molar-refractivity contribution in [1.29, 1.82) is 0 Å². The number of carbonyl (C=O) groups excluding carboxylic acids is 1. The van der Waals surface area contributed by atoms with Crippen LogP contribution in [-0.4, -0.2) is 87.5 Å². The van der Waals surface area contributed by atoms with Crippen LogP contribution < -0.4 is 5.32 Å². The fourth-order valence-electron chi connectivity index (χ4n) is 7.96. The normalized spacial score (nSPS) is 20.5. The lowest BCUT2D eigenvalue weighted by atomic mass is 9.99. The molecule has 1 aliphatic heterocycles. The third-order valence-electron chi connectivity index (χ3n) is 12.2. The maximum Gasteiger partial charge on any atom is 0.220 e. The summed E-state index contributed by atoms with van der Waals surface area (Å²) in [7, 11) is 0. The van der Waals surface area contributed by atoms with Gasteiger partial charge in [0, 0.05) is 6.42 Å². The minimum Gasteiger partial charge on any atom is -0.394 e. The van der Waals surface area contributed by atoms with E-state index in [1.165, 1.54) is 135 Å². The lowest BCUT2D eigenvalue weighted by molar-refractivity contribution is -0.302. The van der Waals surface area contributed by atoms with E-state index < -0.39 is 49.5 Å². The van der Waals surface area contributed by atoms with Crippen LogP contribution in [0.2, 0.25) is 0 Å². The van der Waals surface area contributed by atoms with E-state index in [-0.39, 0.29) is 12.5 Å². The number of aliphatic hydroxyl groups excluding tert-OH is 5. The molecule has 0 aliphatic carbocycles. The summed E-state index contributed by atoms with van der Waals surface area (Å²) in [5, 5.41) is 54.3. The van der Waals surface area contributed by atoms with Crippen molar-refractivity contribution in [3.63, 3.8) is 0 Å². The number of carbonyl (C=O) groups is 1. The maximum absolute atomic E-state index is 13.0. The summed E-state index contributed by atoms with van der Waals surface area (Å²) in [5.74, 6) is -0.195. The molecule has 376 valence electrons. The molecule has 1 saturated heterocycles. The molecule has 0 radical (unpaired) electrons. The zero-order valence-electron chi connectivity index (χ0n) is 41.5. The van der Waals surface area contributed by atoms with Gasteiger partial charge in [-0.25, -0.2) is 0 Å². The molecule has 65 heavy (non-hydrogen) atoms. The highest BCUT2D eigenvalue weighted by Crippen LogP contribution is 2.23. The molecular weight excluding hydrogens is 815 g/mol. The Balaban J connectivity index is 2.21. The summed E-state index contributed by atoms with van der Waals surface area (Å²) in [4.78, 5) is 13.0. The van der Waals surface area contributed by atoms with Crippen LogP contribution in [-0.2, 0) is 14.3 Å². The number of amides is 1. The van der Waals surface area contributed by atoms with Crippen molar-refractivity contribution >= 4 is 5.91 Å². The van der Waals surface area contributed by atoms with Gasteiger partial charge in [-0.3, -0.25) is 4.79 Å². The van der Waals surface area contributed by atoms with E-state index in [4.69, 9.17) is 9.47 Å². The highest BCUT2D eigenvalue weighted by molar-refractivity contribution is 5.76. The van der Waals surface area contributed by atoms with Crippen LogP contribution in [0, 0.1) is 0 Å². The van der Waals surface area contributed by atoms with E-state index in [0.717, 1.165) is 64.2 Å². The summed E-state index contributed by atoms with van der Waals surface area (Å²) < 4.78 is 11.2. The smallest absolute Gasteiger partial charge is 0.220 e. The fourth-order valence-corrected chi connectivity index (χ4v) is 7.96. The van der Waals surface area contributed by atoms with Crippen molar-refractivity contribution in [2.75, 3.05) is 13.2 Å². The second-order valence-corrected chi connectivity index (χ2v) is 18.3. The Labute approximate surface area is 398 Å². The topological polar surface area (TPSA) is 149 Å². The summed E-state index contributed by atoms with van der Waals surface area (Å²) in [6, 6.07) is -0.830. The van der Waals surface area contributed by atoms with Gasteiger partial charge in [-0.1, -0.05) is 202 Å². The molecule has 0 bridgehead atoms. The van der Waals surface area contributed by atoms with Crippen molar-refractivity contribution in [1.82, 2.24) is 5.32 Å². The summed E-state index contributed by atoms with van der Waals surface area (Å²) in [6.07, 6.45) is 55.4. The average molecular weight is 914 g/mol. The van der Waals surface area contributed by atoms with Gasteiger partial charge in [-0.15, -0.1) is 0 Å². The third-order valence-corrected chi connectivity index (χ3v) is 12.2. The van der Waals surface area contributed by atoms with E-state index in [2.05, 4.69) is 79.9 Å². The lowest BCUT2D eigenvalue weighted by Crippen LogP contribution is -2.60. The number of allylic oxidation sites excluding steroid dienone is 11. The van der Waals surface area contributed by atoms with Crippen LogP contribution in [0.15, 0.2) is 72.9 Å². The molecule has 0 spiro atoms. The van der Waals surface area contributed by atoms with Crippen molar-refractivity contribution in [2.45, 2.75) is 262 Å². The van der Waals surface area contributed by atoms with Crippen LogP contribution in [0.4, 0.5) is 0 Å². The number of rotatable bonds is 44. The van der Waals surface area contributed by atoms with Gasteiger partial charge in [0.1, 0.15) is 24.4 Å². The SMILES string of the molecule is CCCCC/C=C/CC/C=C/CC/C=C/C(O)C(COC1OC(CO)C(O)C(O)C1O)NC(=O)CCCCCCCCCCCCCCCC/C=C\C/C=C\C/C=C\CCCCCCC. The molecule has 0 aromatic heterocycles. The standard InChI is InChI=1S/C56H99NO8/c1-3-5-7-9-11-13-15-17-18-19-20-21-22-23-24-25-26-27-28-29-30-31-32-34-36-38-40-42-44-46-52(60)57-49(48-64-56-55(63)54(62)53(61)51(47-58)65-56)50(59)45-43-41-39-37-35-33-16-14-12-10-8-6-4-2/h12,14-15,17,19-20,22-23,35,37,43,45,49-51,53-56,58-59,61-63H,3-11,13,16,18,21,24-34,36,38-42,44,46-48H2,1-2H3,(H,57,60)/b14-12+,17-15-,20-19-,23-22-,37-35+,45-43+. The van der Waals surface area contributed by atoms with Crippen LogP contribution >= 0.6 is 0 Å². The largest absolute Gasteiger partial charge is 0.394 e. The fraction of sp³-hybridized carbons (Fsp3) is 0.768. The van der Waals surface area contributed by atoms with Gasteiger partial charge in [-0.2, -0.15) is 0 Å². The van der Waals surface area contributed by atoms with E-state index in [9.17, 15) is 30.3 Å². The molecule has 1 heterocycles. The van der Waals surface area contributed by atoms with Gasteiger partial charge in [-0.05, 0) is 83.5 Å². The molecular formula is C56H99NO8. The van der Waals surface area contributed by atoms with Gasteiger partial charge in [0.25, 0.3) is 0 Å². The molecule has 1 amide bonds. The molecule has 1 fully saturated rings. The molecule has 7 unspecified atom stereocenters. The number of ether oxygens (including phenoxy) is 2. The quantitative estimate of drug-likeness (QED) is 0.0261. The zero-order chi connectivity index (χ0) is 47.3. The Kier molecular flexibility index (Phi) is 42.4. The maximum atomic E-state index is 13.0. The first-order valence-electron chi connectivity index (χ1n) is 26.7. The number of aliphatic hydroxyl groups is 5. The Hall–Kier alpha value is -2.37. The van der Waals surface area contributed by atoms with E-state index in [1.54, 1.807) is 6.08 Å². The Morgan fingerprint density at radius 3 is 1.43 bits per heavy atom. The highest BCUT2D eigenvalue weighted by atomic mass is 16.7. The molecule has 0 aromatic carbocycles. The zero-order valence-corrected chi connectivity index (χ0v) is 41.5. The summed E-state index contributed by atoms with van der Waals surface area (Å²) in [5.41, 5.74) is 0. The monoisotopic (exact) mass is 914 g/mol. The van der Waals surface area contributed by atoms with E-state index >= 15 is 0 Å². The van der Waals surface area contributed by atoms with Crippen molar-refractivity contribution in [3.05, 3.63) is 72.9 Å². The summed E-state index contributed by atoms with van der Waals surface area (Å²) in [6.45, 7) is 3.70. The Bertz CT molecular complexity index is 1240. The summed E-state index contributed by atoms with van der Waals surface area (Å²) >= 11 is 0. The molecule has 0 saturated carbocycles. The van der Waals surface area contributed by atoms with Crippen LogP contribution in [0.1, 0.15) is 219 Å². The van der Waals surface area contributed by atoms with Gasteiger partial charge in [0.2, 0.25) is 5.91 Å². The first-order chi connectivity index (χ1) is 31.8. The molecule has 6 N–H and O–H groups in total. The molecule has 0 aromatic rings. The van der Waals surface area contributed by atoms with Gasteiger partial charge in [0.05, 0.1) is 25.4 Å². The first kappa shape index (κ1) is 60.6. The second-order valence-electron chi connectivity index (χ2n) is 18.3. The van der Waals surface area contributed by atoms with Crippen molar-refractivity contribution in [2.24, 2.45) is 0 Å². The molecule has 1 aliphatic rings. The molecule has 7 atom stereocenters. The number of nitrogens with one attached hydrogen (secondary N) is 1. The van der Waals surface area contributed by atoms with Crippen molar-refractivity contribution < 1.29 is 39.8 Å². The molecule has 1 rings (SSSR count). The Morgan fingerprint density at radius 1 is 0.523 bits per heavy atom. The van der Waals surface area contributed by atoms with E-state index in [1.807, 2.05) is 6.08 Å². The van der Waals surface area contributed by atoms with Gasteiger partial charge < -0.3 is 40.3 Å². The first-order valence-corrected chi connectivity index (χ1v) is 26.7. The second kappa shape index (κ2) is 45.4. The minimum absolute atomic E-state index is 0.195. The number of hydrogen-bond acceptors (Lipinski definition) is 8. The molecule has 9 nitrogen and oxygen atoms in total. The van der Waals surface area contributed by atoms with Crippen LogP contribution in [0.3, 0.4) is 0 Å². The van der Waals surface area contributed by atoms with E-state index in [0.29, 0.717) is 6.42 Å². The number of unbranched alkanes of at least 4 members (excludes halogenated alkanes) is 24. The third kappa shape index (κ3) is 35.4. The number of hydrogen-bond donors (Lipinski definition) is 6. The lowest BCUT2D eigenvalue weighted by Gasteiger charge is -2.40. The minimum atomic E-state index is -1.58. The van der Waals surface area contributed by atoms with Crippen LogP contribution in [0.25, 0.3) is 0 Å². The predicted molar refractivity (Wildman–Crippen MR) is 272 cm³/mol. The predicted octanol–water partition coefficient (Wildman–Crippen LogP) is 12.5. The average Bonchev–Trinajstić information content (AvgIpc) is 3.31. The van der Waals surface area contributed by atoms with Gasteiger partial charge >= 0.3 is 0 Å². The van der Waals surface area contributed by atoms with Gasteiger partial charge in [0.15, 0.2) is 6.29 Å². The Morgan fingerprint density at radius 2 is 0.923 bits per heavy atom. The van der Waals surface area contributed by atoms with Crippen molar-refractivity contribution in [3.8, 4) is 0 Å². The van der Waals surface area contributed by atoms with Crippen LogP contribution in [0.5, 0.6) is 0 Å². The highest BCUT2D eigenvalue weighted by Gasteiger charge is 2.44. The molecule has 9 heteroatoms.